The molecule has 0 saturated heterocycles. The van der Waals surface area contributed by atoms with Crippen molar-refractivity contribution >= 4 is 5.69 Å². The van der Waals surface area contributed by atoms with Crippen LogP contribution in [0.1, 0.15) is 91.5 Å². The minimum atomic E-state index is -0.198. The molecule has 0 saturated carbocycles. The molecular weight excluding hydrogens is 342 g/mol. The number of hydrogen-bond donors (Lipinski definition) is 2. The lowest BCUT2D eigenvalue weighted by molar-refractivity contribution is 0.301. The largest absolute Gasteiger partial charge is 0.508 e. The Balaban J connectivity index is 2.52. The van der Waals surface area contributed by atoms with Gasteiger partial charge in [0.15, 0.2) is 0 Å². The molecule has 2 rings (SSSR count). The highest BCUT2D eigenvalue weighted by molar-refractivity contribution is 5.55. The van der Waals surface area contributed by atoms with Crippen molar-refractivity contribution in [1.82, 2.24) is 0 Å². The van der Waals surface area contributed by atoms with Gasteiger partial charge in [-0.3, -0.25) is 0 Å². The number of phenols is 1. The topological polar surface area (TPSA) is 46.2 Å². The smallest absolute Gasteiger partial charge is 0.119 e. The Hall–Kier alpha value is -1.96. The van der Waals surface area contributed by atoms with Crippen LogP contribution in [-0.2, 0) is 21.7 Å². The Morgan fingerprint density at radius 3 is 1.36 bits per heavy atom. The van der Waals surface area contributed by atoms with Gasteiger partial charge in [0.1, 0.15) is 5.75 Å². The van der Waals surface area contributed by atoms with Crippen LogP contribution in [0.25, 0.3) is 0 Å². The van der Waals surface area contributed by atoms with Crippen LogP contribution in [0.3, 0.4) is 0 Å². The minimum absolute atomic E-state index is 0.0247. The summed E-state index contributed by atoms with van der Waals surface area (Å²) in [5.41, 5.74) is 11.3. The van der Waals surface area contributed by atoms with Crippen LogP contribution in [0.4, 0.5) is 5.69 Å². The van der Waals surface area contributed by atoms with E-state index in [4.69, 9.17) is 5.73 Å². The number of rotatable bonds is 3. The number of nitrogen functional groups attached to an aromatic ring is 1. The highest BCUT2D eigenvalue weighted by atomic mass is 16.3. The molecule has 154 valence electrons. The Kier molecular flexibility index (Phi) is 5.44. The molecule has 0 aromatic heterocycles. The Morgan fingerprint density at radius 1 is 0.607 bits per heavy atom. The predicted octanol–water partition coefficient (Wildman–Crippen LogP) is 6.82. The number of anilines is 1. The SMILES string of the molecule is CC(C)(C)c1ccc(C(C)(C)C(C)(C)c2ccc(C(C)(C)C)c(O)c2)cc1N. The third-order valence-corrected chi connectivity index (χ3v) is 6.67. The maximum absolute atomic E-state index is 10.7. The van der Waals surface area contributed by atoms with E-state index in [1.54, 1.807) is 0 Å². The summed E-state index contributed by atoms with van der Waals surface area (Å²) in [4.78, 5) is 0. The van der Waals surface area contributed by atoms with Gasteiger partial charge in [-0.1, -0.05) is 93.5 Å². The first kappa shape index (κ1) is 22.3. The first-order valence-electron chi connectivity index (χ1n) is 10.2. The standard InChI is InChI=1S/C26H39NO/c1-23(2,3)19-13-11-17(15-21(19)27)25(7,8)26(9,10)18-12-14-20(22(28)16-18)24(4,5)6/h11-16,28H,27H2,1-10H3. The van der Waals surface area contributed by atoms with Crippen LogP contribution in [0.2, 0.25) is 0 Å². The highest BCUT2D eigenvalue weighted by Gasteiger charge is 2.40. The fraction of sp³-hybridized carbons (Fsp3) is 0.538. The molecule has 2 aromatic carbocycles. The molecule has 0 unspecified atom stereocenters. The van der Waals surface area contributed by atoms with E-state index in [0.29, 0.717) is 5.75 Å². The van der Waals surface area contributed by atoms with E-state index >= 15 is 0 Å². The van der Waals surface area contributed by atoms with Gasteiger partial charge in [-0.05, 0) is 56.0 Å². The summed E-state index contributed by atoms with van der Waals surface area (Å²) in [7, 11) is 0. The summed E-state index contributed by atoms with van der Waals surface area (Å²) in [6, 6.07) is 12.7. The van der Waals surface area contributed by atoms with Gasteiger partial charge in [-0.2, -0.15) is 0 Å². The summed E-state index contributed by atoms with van der Waals surface area (Å²) in [6.45, 7) is 21.9. The zero-order valence-electron chi connectivity index (χ0n) is 19.5. The number of hydrogen-bond acceptors (Lipinski definition) is 2. The van der Waals surface area contributed by atoms with Crippen LogP contribution in [-0.4, -0.2) is 5.11 Å². The van der Waals surface area contributed by atoms with Gasteiger partial charge in [0.05, 0.1) is 0 Å². The molecule has 28 heavy (non-hydrogen) atoms. The molecule has 0 aliphatic rings. The number of aromatic hydroxyl groups is 1. The molecule has 0 aliphatic heterocycles. The molecular formula is C26H39NO. The van der Waals surface area contributed by atoms with Crippen LogP contribution in [0, 0.1) is 0 Å². The van der Waals surface area contributed by atoms with E-state index in [9.17, 15) is 5.11 Å². The highest BCUT2D eigenvalue weighted by Crippen LogP contribution is 2.46. The summed E-state index contributed by atoms with van der Waals surface area (Å²) in [6.07, 6.45) is 0. The third-order valence-electron chi connectivity index (χ3n) is 6.67. The second kappa shape index (κ2) is 6.83. The average molecular weight is 382 g/mol. The number of nitrogens with two attached hydrogens (primary N) is 1. The Bertz CT molecular complexity index is 787. The fourth-order valence-corrected chi connectivity index (χ4v) is 3.91. The van der Waals surface area contributed by atoms with E-state index in [1.165, 1.54) is 11.1 Å². The first-order chi connectivity index (χ1) is 12.5. The predicted molar refractivity (Wildman–Crippen MR) is 122 cm³/mol. The molecule has 0 spiro atoms. The van der Waals surface area contributed by atoms with E-state index in [2.05, 4.69) is 99.6 Å². The van der Waals surface area contributed by atoms with Crippen molar-refractivity contribution in [1.29, 1.82) is 0 Å². The molecule has 0 heterocycles. The molecule has 0 amide bonds. The van der Waals surface area contributed by atoms with Gasteiger partial charge in [-0.25, -0.2) is 0 Å². The van der Waals surface area contributed by atoms with Gasteiger partial charge in [0.2, 0.25) is 0 Å². The molecule has 2 heteroatoms. The third kappa shape index (κ3) is 3.92. The Labute approximate surface area is 172 Å². The van der Waals surface area contributed by atoms with Gasteiger partial charge in [-0.15, -0.1) is 0 Å². The van der Waals surface area contributed by atoms with E-state index < -0.39 is 0 Å². The number of phenolic OH excluding ortho intramolecular Hbond substituents is 1. The molecule has 0 fully saturated rings. The van der Waals surface area contributed by atoms with Crippen molar-refractivity contribution in [2.45, 2.75) is 90.9 Å². The maximum atomic E-state index is 10.7. The molecule has 0 aliphatic carbocycles. The number of benzene rings is 2. The second-order valence-electron chi connectivity index (χ2n) is 11.3. The monoisotopic (exact) mass is 381 g/mol. The normalized spacial score (nSPS) is 13.6. The molecule has 0 atom stereocenters. The van der Waals surface area contributed by atoms with E-state index in [0.717, 1.165) is 16.8 Å². The fourth-order valence-electron chi connectivity index (χ4n) is 3.91. The maximum Gasteiger partial charge on any atom is 0.119 e. The summed E-state index contributed by atoms with van der Waals surface area (Å²) in [5, 5.41) is 10.7. The van der Waals surface area contributed by atoms with E-state index in [1.807, 2.05) is 6.07 Å². The second-order valence-corrected chi connectivity index (χ2v) is 11.3. The van der Waals surface area contributed by atoms with Crippen molar-refractivity contribution < 1.29 is 5.11 Å². The van der Waals surface area contributed by atoms with Crippen LogP contribution < -0.4 is 5.73 Å². The van der Waals surface area contributed by atoms with Crippen LogP contribution in [0.5, 0.6) is 5.75 Å². The quantitative estimate of drug-likeness (QED) is 0.573. The van der Waals surface area contributed by atoms with Gasteiger partial charge in [0.25, 0.3) is 0 Å². The molecule has 2 aromatic rings. The van der Waals surface area contributed by atoms with Crippen molar-refractivity contribution in [3.05, 3.63) is 58.7 Å². The van der Waals surface area contributed by atoms with Crippen molar-refractivity contribution in [3.8, 4) is 5.75 Å². The van der Waals surface area contributed by atoms with Crippen molar-refractivity contribution in [2.24, 2.45) is 0 Å². The van der Waals surface area contributed by atoms with Gasteiger partial charge < -0.3 is 10.8 Å². The summed E-state index contributed by atoms with van der Waals surface area (Å²) < 4.78 is 0. The molecule has 0 bridgehead atoms. The lowest BCUT2D eigenvalue weighted by atomic mass is 9.60. The lowest BCUT2D eigenvalue weighted by Crippen LogP contribution is -2.40. The molecule has 0 radical (unpaired) electrons. The zero-order valence-corrected chi connectivity index (χ0v) is 19.5. The first-order valence-corrected chi connectivity index (χ1v) is 10.2. The molecule has 2 nitrogen and oxygen atoms in total. The summed E-state index contributed by atoms with van der Waals surface area (Å²) in [5.74, 6) is 0.372. The van der Waals surface area contributed by atoms with Crippen molar-refractivity contribution in [3.63, 3.8) is 0 Å². The van der Waals surface area contributed by atoms with Gasteiger partial charge in [0, 0.05) is 5.69 Å². The van der Waals surface area contributed by atoms with Crippen molar-refractivity contribution in [2.75, 3.05) is 5.73 Å². The van der Waals surface area contributed by atoms with Crippen LogP contribution in [0.15, 0.2) is 36.4 Å². The van der Waals surface area contributed by atoms with Crippen LogP contribution >= 0.6 is 0 Å². The Morgan fingerprint density at radius 2 is 1.00 bits per heavy atom. The zero-order chi connectivity index (χ0) is 21.7. The minimum Gasteiger partial charge on any atom is -0.508 e. The average Bonchev–Trinajstić information content (AvgIpc) is 2.51. The summed E-state index contributed by atoms with van der Waals surface area (Å²) >= 11 is 0. The van der Waals surface area contributed by atoms with Gasteiger partial charge >= 0.3 is 0 Å². The lowest BCUT2D eigenvalue weighted by Gasteiger charge is -2.43. The van der Waals surface area contributed by atoms with E-state index in [-0.39, 0.29) is 21.7 Å². The molecule has 3 N–H and O–H groups in total.